The number of carbonyl (C=O) groups is 1. The molecular weight excluding hydrogens is 336 g/mol. The highest BCUT2D eigenvalue weighted by molar-refractivity contribution is 5.99. The lowest BCUT2D eigenvalue weighted by Crippen LogP contribution is -2.00. The molecule has 0 spiro atoms. The van der Waals surface area contributed by atoms with Crippen LogP contribution in [0.5, 0.6) is 11.5 Å². The number of phenolic OH excluding ortho intramolecular Hbond substituents is 1. The van der Waals surface area contributed by atoms with Crippen LogP contribution in [0.3, 0.4) is 0 Å². The molecule has 0 aliphatic rings. The van der Waals surface area contributed by atoms with Crippen LogP contribution in [0, 0.1) is 0 Å². The maximum Gasteiger partial charge on any atom is 0.168 e. The number of rotatable bonds is 16. The van der Waals surface area contributed by atoms with Gasteiger partial charge in [-0.3, -0.25) is 4.79 Å². The van der Waals surface area contributed by atoms with E-state index in [4.69, 9.17) is 4.74 Å². The van der Waals surface area contributed by atoms with Crippen LogP contribution in [0.15, 0.2) is 30.4 Å². The van der Waals surface area contributed by atoms with E-state index >= 15 is 0 Å². The number of para-hydroxylation sites is 1. The molecule has 0 aliphatic heterocycles. The summed E-state index contributed by atoms with van der Waals surface area (Å²) in [5, 5.41) is 10.0. The molecule has 3 heteroatoms. The van der Waals surface area contributed by atoms with E-state index in [0.29, 0.717) is 17.7 Å². The van der Waals surface area contributed by atoms with E-state index in [2.05, 4.69) is 19.1 Å². The highest BCUT2D eigenvalue weighted by Gasteiger charge is 2.14. The molecule has 152 valence electrons. The quantitative estimate of drug-likeness (QED) is 0.188. The molecular formula is C24H38O3. The minimum Gasteiger partial charge on any atom is -0.504 e. The Bertz CT molecular complexity index is 549. The second-order valence-electron chi connectivity index (χ2n) is 7.26. The van der Waals surface area contributed by atoms with Crippen LogP contribution >= 0.6 is 0 Å². The smallest absolute Gasteiger partial charge is 0.168 e. The fraction of sp³-hybridized carbons (Fsp3) is 0.625. The van der Waals surface area contributed by atoms with Crippen molar-refractivity contribution in [3.8, 4) is 11.5 Å². The zero-order valence-corrected chi connectivity index (χ0v) is 17.3. The van der Waals surface area contributed by atoms with Gasteiger partial charge in [0.2, 0.25) is 0 Å². The van der Waals surface area contributed by atoms with E-state index in [1.54, 1.807) is 18.2 Å². The van der Waals surface area contributed by atoms with Crippen LogP contribution in [0.25, 0.3) is 0 Å². The van der Waals surface area contributed by atoms with Crippen molar-refractivity contribution in [3.05, 3.63) is 35.9 Å². The third-order valence-electron chi connectivity index (χ3n) is 4.93. The number of ketones is 1. The lowest BCUT2D eigenvalue weighted by atomic mass is 10.0. The summed E-state index contributed by atoms with van der Waals surface area (Å²) in [7, 11) is 1.49. The number of unbranched alkanes of at least 4 members (excludes halogenated alkanes) is 10. The molecule has 0 aliphatic carbocycles. The first-order chi connectivity index (χ1) is 13.2. The van der Waals surface area contributed by atoms with Gasteiger partial charge in [0.15, 0.2) is 17.3 Å². The topological polar surface area (TPSA) is 46.5 Å². The number of hydrogen-bond donors (Lipinski definition) is 1. The first-order valence-electron chi connectivity index (χ1n) is 10.7. The van der Waals surface area contributed by atoms with Gasteiger partial charge in [-0.1, -0.05) is 70.1 Å². The maximum absolute atomic E-state index is 12.2. The van der Waals surface area contributed by atoms with Gasteiger partial charge in [-0.2, -0.15) is 0 Å². The summed E-state index contributed by atoms with van der Waals surface area (Å²) in [4.78, 5) is 12.2. The lowest BCUT2D eigenvalue weighted by molar-refractivity contribution is 0.0976. The van der Waals surface area contributed by atoms with Gasteiger partial charge >= 0.3 is 0 Å². The molecule has 1 aromatic rings. The number of benzene rings is 1. The monoisotopic (exact) mass is 374 g/mol. The predicted octanol–water partition coefficient (Wildman–Crippen LogP) is 7.23. The highest BCUT2D eigenvalue weighted by atomic mass is 16.5. The fourth-order valence-corrected chi connectivity index (χ4v) is 3.23. The summed E-state index contributed by atoms with van der Waals surface area (Å²) in [5.74, 6) is 0.315. The van der Waals surface area contributed by atoms with Gasteiger partial charge in [-0.25, -0.2) is 0 Å². The lowest BCUT2D eigenvalue weighted by Gasteiger charge is -2.08. The third-order valence-corrected chi connectivity index (χ3v) is 4.93. The van der Waals surface area contributed by atoms with Crippen molar-refractivity contribution in [2.45, 2.75) is 90.4 Å². The Kier molecular flexibility index (Phi) is 13.2. The summed E-state index contributed by atoms with van der Waals surface area (Å²) in [6, 6.07) is 5.07. The molecule has 0 saturated heterocycles. The van der Waals surface area contributed by atoms with Crippen LogP contribution in [0.4, 0.5) is 0 Å². The molecule has 0 radical (unpaired) electrons. The highest BCUT2D eigenvalue weighted by Crippen LogP contribution is 2.30. The van der Waals surface area contributed by atoms with E-state index in [1.165, 1.54) is 71.3 Å². The van der Waals surface area contributed by atoms with Crippen molar-refractivity contribution in [2.24, 2.45) is 0 Å². The van der Waals surface area contributed by atoms with E-state index in [-0.39, 0.29) is 11.5 Å². The Balaban J connectivity index is 2.01. The number of Topliss-reactive ketones (excluding diaryl/α,β-unsaturated/α-hetero) is 1. The van der Waals surface area contributed by atoms with Crippen molar-refractivity contribution in [1.82, 2.24) is 0 Å². The minimum atomic E-state index is -0.0385. The van der Waals surface area contributed by atoms with Crippen LogP contribution in [0.2, 0.25) is 0 Å². The predicted molar refractivity (Wildman–Crippen MR) is 114 cm³/mol. The van der Waals surface area contributed by atoms with Crippen LogP contribution in [-0.4, -0.2) is 18.0 Å². The number of hydrogen-bond acceptors (Lipinski definition) is 3. The molecule has 3 nitrogen and oxygen atoms in total. The normalized spacial score (nSPS) is 11.2. The average molecular weight is 375 g/mol. The molecule has 0 atom stereocenters. The molecule has 0 saturated carbocycles. The number of carbonyl (C=O) groups excluding carboxylic acids is 1. The molecule has 0 fully saturated rings. The third kappa shape index (κ3) is 10.2. The zero-order valence-electron chi connectivity index (χ0n) is 17.3. The Hall–Kier alpha value is -1.77. The van der Waals surface area contributed by atoms with Gasteiger partial charge in [0.1, 0.15) is 0 Å². The first-order valence-corrected chi connectivity index (χ1v) is 10.7. The van der Waals surface area contributed by atoms with E-state index in [0.717, 1.165) is 12.8 Å². The Morgan fingerprint density at radius 2 is 1.52 bits per heavy atom. The van der Waals surface area contributed by atoms with E-state index < -0.39 is 0 Å². The molecule has 0 amide bonds. The molecule has 1 N–H and O–H groups in total. The summed E-state index contributed by atoms with van der Waals surface area (Å²) >= 11 is 0. The maximum atomic E-state index is 12.2. The summed E-state index contributed by atoms with van der Waals surface area (Å²) in [6.45, 7) is 2.25. The van der Waals surface area contributed by atoms with Crippen LogP contribution in [-0.2, 0) is 0 Å². The molecule has 1 aromatic carbocycles. The molecule has 0 unspecified atom stereocenters. The largest absolute Gasteiger partial charge is 0.504 e. The number of aromatic hydroxyl groups is 1. The van der Waals surface area contributed by atoms with Gasteiger partial charge in [-0.05, 0) is 44.2 Å². The van der Waals surface area contributed by atoms with Crippen molar-refractivity contribution >= 4 is 5.78 Å². The van der Waals surface area contributed by atoms with Crippen LogP contribution in [0.1, 0.15) is 101 Å². The van der Waals surface area contributed by atoms with Gasteiger partial charge in [-0.15, -0.1) is 0 Å². The second kappa shape index (κ2) is 15.3. The van der Waals surface area contributed by atoms with E-state index in [1.807, 2.05) is 0 Å². The summed E-state index contributed by atoms with van der Waals surface area (Å²) in [6.07, 6.45) is 19.9. The van der Waals surface area contributed by atoms with Crippen molar-refractivity contribution in [3.63, 3.8) is 0 Å². The average Bonchev–Trinajstić information content (AvgIpc) is 2.68. The summed E-state index contributed by atoms with van der Waals surface area (Å²) in [5.41, 5.74) is 0.371. The van der Waals surface area contributed by atoms with Gasteiger partial charge in [0, 0.05) is 6.42 Å². The first kappa shape index (κ1) is 23.3. The number of methoxy groups -OCH3 is 1. The standard InChI is InChI=1S/C24H38O3/c1-3-4-5-6-7-8-9-10-11-12-13-14-15-16-19-22(25)21-18-17-20-23(27-2)24(21)26/h8-9,17-18,20,26H,3-7,10-16,19H2,1-2H3/b9-8+. The van der Waals surface area contributed by atoms with Crippen molar-refractivity contribution < 1.29 is 14.6 Å². The Labute approximate surface area is 165 Å². The Morgan fingerprint density at radius 1 is 0.926 bits per heavy atom. The molecule has 27 heavy (non-hydrogen) atoms. The fourth-order valence-electron chi connectivity index (χ4n) is 3.23. The molecule has 0 aromatic heterocycles. The second-order valence-corrected chi connectivity index (χ2v) is 7.26. The zero-order chi connectivity index (χ0) is 19.7. The van der Waals surface area contributed by atoms with Crippen LogP contribution < -0.4 is 4.74 Å². The summed E-state index contributed by atoms with van der Waals surface area (Å²) < 4.78 is 5.06. The number of allylic oxidation sites excluding steroid dienone is 2. The number of ether oxygens (including phenoxy) is 1. The minimum absolute atomic E-state index is 0.00419. The number of phenols is 1. The molecule has 1 rings (SSSR count). The van der Waals surface area contributed by atoms with E-state index in [9.17, 15) is 9.90 Å². The Morgan fingerprint density at radius 3 is 2.15 bits per heavy atom. The SMILES string of the molecule is CCCCCC/C=C/CCCCCCCCC(=O)c1cccc(OC)c1O. The van der Waals surface area contributed by atoms with Gasteiger partial charge < -0.3 is 9.84 Å². The molecule has 0 heterocycles. The van der Waals surface area contributed by atoms with Crippen molar-refractivity contribution in [1.29, 1.82) is 0 Å². The molecule has 0 bridgehead atoms. The van der Waals surface area contributed by atoms with Gasteiger partial charge in [0.25, 0.3) is 0 Å². The van der Waals surface area contributed by atoms with Crippen molar-refractivity contribution in [2.75, 3.05) is 7.11 Å². The van der Waals surface area contributed by atoms with Gasteiger partial charge in [0.05, 0.1) is 12.7 Å².